The topological polar surface area (TPSA) is 181 Å². The third-order valence-corrected chi connectivity index (χ3v) is 2.37. The van der Waals surface area contributed by atoms with E-state index in [0.717, 1.165) is 6.07 Å². The summed E-state index contributed by atoms with van der Waals surface area (Å²) < 4.78 is 31.6. The maximum Gasteiger partial charge on any atom is 0.394 e. The van der Waals surface area contributed by atoms with Crippen LogP contribution in [0.15, 0.2) is 30.3 Å². The lowest BCUT2D eigenvalue weighted by Crippen LogP contribution is -1.94. The molecule has 0 unspecified atom stereocenters. The van der Waals surface area contributed by atoms with Crippen molar-refractivity contribution in [1.82, 2.24) is 0 Å². The highest BCUT2D eigenvalue weighted by atomic mass is 32.3. The second-order valence-electron chi connectivity index (χ2n) is 3.77. The number of phenolic OH excluding ortho intramolecular Hbond substituents is 1. The molecule has 12 heteroatoms. The molecule has 0 aliphatic rings. The van der Waals surface area contributed by atoms with E-state index in [0.29, 0.717) is 0 Å². The van der Waals surface area contributed by atoms with Crippen molar-refractivity contribution in [1.29, 1.82) is 0 Å². The summed E-state index contributed by atoms with van der Waals surface area (Å²) in [7, 11) is -4.67. The van der Waals surface area contributed by atoms with Crippen molar-refractivity contribution in [2.75, 3.05) is 0 Å². The van der Waals surface area contributed by atoms with Crippen LogP contribution < -0.4 is 0 Å². The number of hydrogen-bond acceptors (Lipinski definition) is 7. The summed E-state index contributed by atoms with van der Waals surface area (Å²) in [5.41, 5.74) is -1.07. The predicted molar refractivity (Wildman–Crippen MR) is 73.1 cm³/mol. The minimum Gasteiger partial charge on any atom is -0.502 e. The summed E-state index contributed by atoms with van der Waals surface area (Å²) in [6.07, 6.45) is 0. The molecule has 2 aromatic carbocycles. The van der Waals surface area contributed by atoms with Gasteiger partial charge in [0, 0.05) is 5.39 Å². The second kappa shape index (κ2) is 6.30. The Morgan fingerprint density at radius 1 is 0.909 bits per heavy atom. The summed E-state index contributed by atoms with van der Waals surface area (Å²) in [4.78, 5) is 19.9. The Morgan fingerprint density at radius 3 is 1.73 bits per heavy atom. The zero-order valence-electron chi connectivity index (χ0n) is 10.5. The van der Waals surface area contributed by atoms with Crippen LogP contribution in [0.4, 0.5) is 11.4 Å². The van der Waals surface area contributed by atoms with Crippen LogP contribution in [-0.4, -0.2) is 32.5 Å². The van der Waals surface area contributed by atoms with E-state index in [1.807, 2.05) is 0 Å². The van der Waals surface area contributed by atoms with Crippen LogP contribution in [0.25, 0.3) is 10.8 Å². The molecule has 22 heavy (non-hydrogen) atoms. The third-order valence-electron chi connectivity index (χ3n) is 2.37. The van der Waals surface area contributed by atoms with Gasteiger partial charge in [-0.05, 0) is 6.07 Å². The van der Waals surface area contributed by atoms with Gasteiger partial charge < -0.3 is 5.11 Å². The number of phenols is 1. The van der Waals surface area contributed by atoms with Gasteiger partial charge in [0.25, 0.3) is 5.69 Å². The van der Waals surface area contributed by atoms with Gasteiger partial charge in [-0.15, -0.1) is 0 Å². The fourth-order valence-corrected chi connectivity index (χ4v) is 1.62. The Kier molecular flexibility index (Phi) is 4.93. The van der Waals surface area contributed by atoms with Gasteiger partial charge in [0.1, 0.15) is 0 Å². The van der Waals surface area contributed by atoms with Crippen molar-refractivity contribution < 1.29 is 32.5 Å². The molecule has 0 heterocycles. The quantitative estimate of drug-likeness (QED) is 0.418. The minimum atomic E-state index is -4.67. The molecule has 0 radical (unpaired) electrons. The number of fused-ring (bicyclic) bond motifs is 1. The van der Waals surface area contributed by atoms with E-state index in [2.05, 4.69) is 0 Å². The Bertz CT molecular complexity index is 839. The number of aromatic hydroxyl groups is 1. The van der Waals surface area contributed by atoms with Crippen molar-refractivity contribution in [2.24, 2.45) is 0 Å². The van der Waals surface area contributed by atoms with E-state index in [4.69, 9.17) is 17.5 Å². The molecule has 2 aromatic rings. The molecular formula is C10H8N2O9S. The second-order valence-corrected chi connectivity index (χ2v) is 4.67. The average Bonchev–Trinajstić information content (AvgIpc) is 2.36. The fourth-order valence-electron chi connectivity index (χ4n) is 1.62. The molecule has 3 N–H and O–H groups in total. The van der Waals surface area contributed by atoms with E-state index in [-0.39, 0.29) is 10.8 Å². The molecule has 0 saturated carbocycles. The van der Waals surface area contributed by atoms with E-state index in [1.54, 1.807) is 6.07 Å². The molecule has 11 nitrogen and oxygen atoms in total. The highest BCUT2D eigenvalue weighted by molar-refractivity contribution is 7.79. The minimum absolute atomic E-state index is 0.0911. The summed E-state index contributed by atoms with van der Waals surface area (Å²) in [5.74, 6) is -0.559. The highest BCUT2D eigenvalue weighted by Crippen LogP contribution is 2.39. The van der Waals surface area contributed by atoms with E-state index in [9.17, 15) is 25.3 Å². The van der Waals surface area contributed by atoms with Gasteiger partial charge >= 0.3 is 16.1 Å². The predicted octanol–water partition coefficient (Wildman–Crippen LogP) is 1.71. The van der Waals surface area contributed by atoms with Crippen molar-refractivity contribution in [3.05, 3.63) is 50.6 Å². The summed E-state index contributed by atoms with van der Waals surface area (Å²) in [6.45, 7) is 0. The monoisotopic (exact) mass is 332 g/mol. The van der Waals surface area contributed by atoms with Crippen LogP contribution in [0.5, 0.6) is 5.75 Å². The Hall–Kier alpha value is -2.83. The number of nitrogens with zero attached hydrogens (tertiary/aromatic N) is 2. The number of nitro benzene ring substituents is 2. The molecule has 0 amide bonds. The first kappa shape index (κ1) is 17.2. The number of nitro groups is 2. The van der Waals surface area contributed by atoms with Crippen LogP contribution in [0.3, 0.4) is 0 Å². The van der Waals surface area contributed by atoms with Crippen molar-refractivity contribution in [3.63, 3.8) is 0 Å². The molecule has 0 aliphatic carbocycles. The molecule has 118 valence electrons. The summed E-state index contributed by atoms with van der Waals surface area (Å²) in [5, 5.41) is 31.4. The lowest BCUT2D eigenvalue weighted by molar-refractivity contribution is -0.393. The van der Waals surface area contributed by atoms with Gasteiger partial charge in [-0.25, -0.2) is 0 Å². The standard InChI is InChI=1S/C10H6N2O5.H2O4S/c13-10-7-4-2-1-3-6(7)8(11(14)15)5-9(10)12(16)17;1-5(2,3)4/h1-5,13H;(H2,1,2,3,4). The highest BCUT2D eigenvalue weighted by Gasteiger charge is 2.24. The van der Waals surface area contributed by atoms with Gasteiger partial charge in [-0.1, -0.05) is 18.2 Å². The first-order chi connectivity index (χ1) is 10.0. The average molecular weight is 332 g/mol. The number of benzene rings is 2. The first-order valence-electron chi connectivity index (χ1n) is 5.25. The van der Waals surface area contributed by atoms with Crippen LogP contribution in [0, 0.1) is 20.2 Å². The Balaban J connectivity index is 0.000000422. The van der Waals surface area contributed by atoms with Crippen molar-refractivity contribution in [2.45, 2.75) is 0 Å². The van der Waals surface area contributed by atoms with Gasteiger partial charge in [-0.2, -0.15) is 8.42 Å². The van der Waals surface area contributed by atoms with Crippen LogP contribution >= 0.6 is 0 Å². The molecule has 0 atom stereocenters. The molecule has 0 spiro atoms. The maximum absolute atomic E-state index is 10.8. The van der Waals surface area contributed by atoms with E-state index < -0.39 is 37.4 Å². The molecule has 0 bridgehead atoms. The number of rotatable bonds is 2. The van der Waals surface area contributed by atoms with Crippen molar-refractivity contribution >= 4 is 32.5 Å². The molecular weight excluding hydrogens is 324 g/mol. The van der Waals surface area contributed by atoms with Gasteiger partial charge in [0.2, 0.25) is 5.75 Å². The SMILES string of the molecule is O=S(=O)(O)O.O=[N+]([O-])c1cc([N+](=O)[O-])c2ccccc2c1O. The fraction of sp³-hybridized carbons (Fsp3) is 0. The number of non-ortho nitro benzene ring substituents is 1. The molecule has 0 aromatic heterocycles. The molecule has 0 aliphatic heterocycles. The summed E-state index contributed by atoms with van der Waals surface area (Å²) in [6, 6.07) is 6.68. The van der Waals surface area contributed by atoms with E-state index in [1.165, 1.54) is 18.2 Å². The van der Waals surface area contributed by atoms with Crippen LogP contribution in [0.1, 0.15) is 0 Å². The maximum atomic E-state index is 10.8. The smallest absolute Gasteiger partial charge is 0.394 e. The van der Waals surface area contributed by atoms with Gasteiger partial charge in [0.05, 0.1) is 21.3 Å². The zero-order valence-corrected chi connectivity index (χ0v) is 11.3. The Labute approximate surface area is 122 Å². The Morgan fingerprint density at radius 2 is 1.32 bits per heavy atom. The summed E-state index contributed by atoms with van der Waals surface area (Å²) >= 11 is 0. The van der Waals surface area contributed by atoms with Crippen LogP contribution in [0.2, 0.25) is 0 Å². The number of hydrogen-bond donors (Lipinski definition) is 3. The lowest BCUT2D eigenvalue weighted by Gasteiger charge is -2.02. The molecule has 2 rings (SSSR count). The normalized spacial score (nSPS) is 10.6. The van der Waals surface area contributed by atoms with Crippen LogP contribution in [-0.2, 0) is 10.4 Å². The largest absolute Gasteiger partial charge is 0.502 e. The lowest BCUT2D eigenvalue weighted by atomic mass is 10.1. The molecule has 0 fully saturated rings. The zero-order chi connectivity index (χ0) is 17.1. The molecule has 0 saturated heterocycles. The van der Waals surface area contributed by atoms with Gasteiger partial charge in [-0.3, -0.25) is 29.3 Å². The third kappa shape index (κ3) is 4.34. The van der Waals surface area contributed by atoms with Crippen molar-refractivity contribution in [3.8, 4) is 5.75 Å². The van der Waals surface area contributed by atoms with Gasteiger partial charge in [0.15, 0.2) is 0 Å². The first-order valence-corrected chi connectivity index (χ1v) is 6.65. The van der Waals surface area contributed by atoms with E-state index >= 15 is 0 Å².